The molecular formula is C31H33FN4O5. The molecule has 2 heterocycles. The van der Waals surface area contributed by atoms with E-state index in [0.717, 1.165) is 24.0 Å². The Balaban J connectivity index is 1.15. The summed E-state index contributed by atoms with van der Waals surface area (Å²) < 4.78 is 13.5. The first-order valence-corrected chi connectivity index (χ1v) is 13.9. The van der Waals surface area contributed by atoms with Crippen molar-refractivity contribution in [3.05, 3.63) is 70.8 Å². The van der Waals surface area contributed by atoms with E-state index in [1.54, 1.807) is 53.4 Å². The lowest BCUT2D eigenvalue weighted by Crippen LogP contribution is -2.46. The summed E-state index contributed by atoms with van der Waals surface area (Å²) in [6.07, 6.45) is 1.32. The maximum atomic E-state index is 13.5. The first kappa shape index (κ1) is 28.3. The number of amides is 3. The fraction of sp³-hybridized carbons (Fsp3) is 0.419. The molecule has 9 nitrogen and oxygen atoms in total. The number of aliphatic carboxylic acids is 1. The summed E-state index contributed by atoms with van der Waals surface area (Å²) in [4.78, 5) is 51.0. The monoisotopic (exact) mass is 560 g/mol. The van der Waals surface area contributed by atoms with Gasteiger partial charge in [0, 0.05) is 54.7 Å². The maximum absolute atomic E-state index is 13.5. The number of hydrogen-bond donors (Lipinski definition) is 4. The second kappa shape index (κ2) is 12.5. The molecule has 3 fully saturated rings. The predicted molar refractivity (Wildman–Crippen MR) is 149 cm³/mol. The van der Waals surface area contributed by atoms with E-state index < -0.39 is 18.2 Å². The fourth-order valence-corrected chi connectivity index (χ4v) is 5.29. The van der Waals surface area contributed by atoms with Gasteiger partial charge in [0.15, 0.2) is 0 Å². The van der Waals surface area contributed by atoms with Gasteiger partial charge in [-0.25, -0.2) is 4.39 Å². The summed E-state index contributed by atoms with van der Waals surface area (Å²) in [5.74, 6) is 4.74. The van der Waals surface area contributed by atoms with Crippen LogP contribution in [0.4, 0.5) is 4.39 Å². The zero-order chi connectivity index (χ0) is 28.9. The van der Waals surface area contributed by atoms with Crippen molar-refractivity contribution >= 4 is 23.7 Å². The minimum Gasteiger partial charge on any atom is -0.481 e. The highest BCUT2D eigenvalue weighted by molar-refractivity contribution is 5.94. The molecule has 10 heteroatoms. The van der Waals surface area contributed by atoms with E-state index in [1.807, 2.05) is 0 Å². The number of nitrogens with zero attached hydrogens (tertiary/aromatic N) is 1. The normalized spacial score (nSPS) is 23.4. The van der Waals surface area contributed by atoms with Gasteiger partial charge in [-0.1, -0.05) is 24.0 Å². The molecule has 0 aromatic heterocycles. The second-order valence-electron chi connectivity index (χ2n) is 11.0. The summed E-state index contributed by atoms with van der Waals surface area (Å²) in [5, 5.41) is 17.7. The van der Waals surface area contributed by atoms with Crippen molar-refractivity contribution in [2.45, 2.75) is 56.4 Å². The molecule has 214 valence electrons. The first-order valence-electron chi connectivity index (χ1n) is 13.9. The lowest BCUT2D eigenvalue weighted by molar-refractivity contribution is -0.136. The molecule has 1 saturated carbocycles. The van der Waals surface area contributed by atoms with E-state index in [4.69, 9.17) is 5.11 Å². The number of carboxylic acids is 1. The minimum atomic E-state index is -1.03. The van der Waals surface area contributed by atoms with Crippen LogP contribution in [0.2, 0.25) is 0 Å². The molecule has 3 aliphatic rings. The van der Waals surface area contributed by atoms with Crippen LogP contribution < -0.4 is 16.0 Å². The zero-order valence-electron chi connectivity index (χ0n) is 22.6. The Morgan fingerprint density at radius 3 is 2.22 bits per heavy atom. The Hall–Kier alpha value is -4.23. The Morgan fingerprint density at radius 1 is 0.976 bits per heavy atom. The van der Waals surface area contributed by atoms with E-state index in [9.17, 15) is 23.6 Å². The highest BCUT2D eigenvalue weighted by Gasteiger charge is 2.42. The lowest BCUT2D eigenvalue weighted by atomic mass is 10.1. The molecule has 2 aromatic carbocycles. The maximum Gasteiger partial charge on any atom is 0.307 e. The number of carbonyl (C=O) groups excluding carboxylic acids is 3. The minimum absolute atomic E-state index is 0.0165. The summed E-state index contributed by atoms with van der Waals surface area (Å²) in [7, 11) is 0. The van der Waals surface area contributed by atoms with Crippen molar-refractivity contribution in [3.8, 4) is 11.8 Å². The molecule has 1 aliphatic carbocycles. The molecule has 2 saturated heterocycles. The average molecular weight is 561 g/mol. The number of rotatable bonds is 8. The first-order chi connectivity index (χ1) is 19.7. The van der Waals surface area contributed by atoms with Crippen molar-refractivity contribution in [2.75, 3.05) is 19.6 Å². The van der Waals surface area contributed by atoms with E-state index in [0.29, 0.717) is 24.1 Å². The second-order valence-corrected chi connectivity index (χ2v) is 11.0. The predicted octanol–water partition coefficient (Wildman–Crippen LogP) is 1.64. The Labute approximate surface area is 237 Å². The summed E-state index contributed by atoms with van der Waals surface area (Å²) in [5.41, 5.74) is 2.64. The van der Waals surface area contributed by atoms with Crippen molar-refractivity contribution in [1.29, 1.82) is 0 Å². The molecule has 4 atom stereocenters. The Morgan fingerprint density at radius 2 is 1.63 bits per heavy atom. The topological polar surface area (TPSA) is 128 Å². The smallest absolute Gasteiger partial charge is 0.307 e. The van der Waals surface area contributed by atoms with Gasteiger partial charge in [0.25, 0.3) is 5.91 Å². The van der Waals surface area contributed by atoms with Crippen LogP contribution in [0.25, 0.3) is 0 Å². The van der Waals surface area contributed by atoms with Gasteiger partial charge < -0.3 is 26.0 Å². The molecule has 3 amide bonds. The van der Waals surface area contributed by atoms with Gasteiger partial charge in [-0.05, 0) is 61.2 Å². The molecule has 4 N–H and O–H groups in total. The highest BCUT2D eigenvalue weighted by Crippen LogP contribution is 2.33. The fourth-order valence-electron chi connectivity index (χ4n) is 5.29. The van der Waals surface area contributed by atoms with Crippen molar-refractivity contribution < 1.29 is 28.7 Å². The molecule has 0 unspecified atom stereocenters. The van der Waals surface area contributed by atoms with Crippen LogP contribution in [0.1, 0.15) is 52.7 Å². The van der Waals surface area contributed by atoms with Gasteiger partial charge in [0.1, 0.15) is 6.17 Å². The van der Waals surface area contributed by atoms with Crippen LogP contribution in [0.15, 0.2) is 48.5 Å². The van der Waals surface area contributed by atoms with Crippen molar-refractivity contribution in [3.63, 3.8) is 0 Å². The Bertz CT molecular complexity index is 1360. The zero-order valence-corrected chi connectivity index (χ0v) is 22.6. The number of likely N-dealkylation sites (tertiary alicyclic amines) is 1. The molecule has 41 heavy (non-hydrogen) atoms. The van der Waals surface area contributed by atoms with Gasteiger partial charge in [0.05, 0.1) is 18.5 Å². The van der Waals surface area contributed by atoms with Crippen LogP contribution in [0.5, 0.6) is 0 Å². The number of carboxylic acid groups (broad SMARTS) is 1. The van der Waals surface area contributed by atoms with Crippen molar-refractivity contribution in [2.24, 2.45) is 5.92 Å². The largest absolute Gasteiger partial charge is 0.481 e. The molecule has 2 aromatic rings. The third-order valence-electron chi connectivity index (χ3n) is 7.67. The van der Waals surface area contributed by atoms with Crippen LogP contribution >= 0.6 is 0 Å². The standard InChI is InChI=1S/C31H33FN4O5/c32-24-14-27(33-16-24)30(40)35-25-15-26(36(18-25)31(41)23-11-12-23)17-34-29(39)22-9-7-20(8-10-22)2-1-19-3-5-21(6-4-19)13-28(37)38/h3-10,23-27,33H,11-18H2,(H,34,39)(H,35,40)(H,37,38)/t24-,25+,26+,27-/m0/s1. The number of carbonyl (C=O) groups is 4. The summed E-state index contributed by atoms with van der Waals surface area (Å²) in [6.45, 7) is 0.807. The average Bonchev–Trinajstić information content (AvgIpc) is 3.60. The molecule has 0 spiro atoms. The number of hydrogen-bond acceptors (Lipinski definition) is 5. The molecule has 2 aliphatic heterocycles. The van der Waals surface area contributed by atoms with Crippen LogP contribution in [-0.2, 0) is 20.8 Å². The van der Waals surface area contributed by atoms with E-state index in [-0.39, 0.29) is 61.7 Å². The van der Waals surface area contributed by atoms with Crippen LogP contribution in [-0.4, -0.2) is 77.6 Å². The van der Waals surface area contributed by atoms with E-state index in [1.165, 1.54) is 0 Å². The molecule has 0 radical (unpaired) electrons. The summed E-state index contributed by atoms with van der Waals surface area (Å²) >= 11 is 0. The number of alkyl halides is 1. The van der Waals surface area contributed by atoms with Gasteiger partial charge in [-0.3, -0.25) is 19.2 Å². The molecule has 0 bridgehead atoms. The number of benzene rings is 2. The quantitative estimate of drug-likeness (QED) is 0.364. The number of halogens is 1. The van der Waals surface area contributed by atoms with Gasteiger partial charge in [0.2, 0.25) is 11.8 Å². The third kappa shape index (κ3) is 7.50. The highest BCUT2D eigenvalue weighted by atomic mass is 19.1. The molecular weight excluding hydrogens is 527 g/mol. The van der Waals surface area contributed by atoms with Crippen LogP contribution in [0, 0.1) is 17.8 Å². The van der Waals surface area contributed by atoms with E-state index >= 15 is 0 Å². The van der Waals surface area contributed by atoms with Gasteiger partial charge in [-0.15, -0.1) is 0 Å². The van der Waals surface area contributed by atoms with E-state index in [2.05, 4.69) is 27.8 Å². The number of nitrogens with one attached hydrogen (secondary N) is 3. The summed E-state index contributed by atoms with van der Waals surface area (Å²) in [6, 6.07) is 12.8. The SMILES string of the molecule is O=C(O)Cc1ccc(C#Cc2ccc(C(=O)NC[C@H]3C[C@@H](NC(=O)[C@@H]4C[C@H](F)CN4)CN3C(=O)C3CC3)cc2)cc1. The van der Waals surface area contributed by atoms with Gasteiger partial charge in [-0.2, -0.15) is 0 Å². The molecule has 5 rings (SSSR count). The van der Waals surface area contributed by atoms with Crippen molar-refractivity contribution in [1.82, 2.24) is 20.9 Å². The van der Waals surface area contributed by atoms with Gasteiger partial charge >= 0.3 is 5.97 Å². The third-order valence-corrected chi connectivity index (χ3v) is 7.67. The lowest BCUT2D eigenvalue weighted by Gasteiger charge is -2.25. The van der Waals surface area contributed by atoms with Crippen LogP contribution in [0.3, 0.4) is 0 Å². The Kier molecular flexibility index (Phi) is 8.64.